The number of thioether (sulfide) groups is 1. The topological polar surface area (TPSA) is 29.1 Å². The van der Waals surface area contributed by atoms with Gasteiger partial charge in [-0.25, -0.2) is 4.39 Å². The van der Waals surface area contributed by atoms with E-state index < -0.39 is 5.16 Å². The zero-order valence-electron chi connectivity index (χ0n) is 9.90. The Morgan fingerprint density at radius 2 is 1.95 bits per heavy atom. The molecule has 0 heterocycles. The highest BCUT2D eigenvalue weighted by Crippen LogP contribution is 2.23. The molecule has 5 heteroatoms. The second-order valence-electron chi connectivity index (χ2n) is 3.78. The molecule has 0 aliphatic rings. The smallest absolute Gasteiger partial charge is 0.234 e. The quantitative estimate of drug-likeness (QED) is 0.906. The van der Waals surface area contributed by atoms with Crippen molar-refractivity contribution in [1.82, 2.24) is 0 Å². The van der Waals surface area contributed by atoms with Gasteiger partial charge >= 0.3 is 0 Å². The van der Waals surface area contributed by atoms with Crippen molar-refractivity contribution in [2.24, 2.45) is 0 Å². The van der Waals surface area contributed by atoms with Gasteiger partial charge in [-0.3, -0.25) is 4.79 Å². The highest BCUT2D eigenvalue weighted by Gasteiger charge is 2.07. The van der Waals surface area contributed by atoms with E-state index in [2.05, 4.69) is 5.32 Å². The normalized spacial score (nSPS) is 11.6. The number of benzene rings is 2. The summed E-state index contributed by atoms with van der Waals surface area (Å²) < 4.78 is 24.3. The van der Waals surface area contributed by atoms with E-state index in [0.717, 1.165) is 10.8 Å². The van der Waals surface area contributed by atoms with Crippen LogP contribution in [0.15, 0.2) is 54.0 Å². The van der Waals surface area contributed by atoms with E-state index in [1.54, 1.807) is 6.07 Å². The van der Waals surface area contributed by atoms with Crippen LogP contribution < -0.4 is 5.32 Å². The Balaban J connectivity index is 2.11. The van der Waals surface area contributed by atoms with Crippen LogP contribution in [0.2, 0.25) is 0 Å². The van der Waals surface area contributed by atoms with Crippen LogP contribution in [0, 0.1) is 0 Å². The fourth-order valence-corrected chi connectivity index (χ4v) is 2.09. The number of anilines is 1. The molecular weight excluding hydrogens is 268 g/mol. The number of fused-ring (bicyclic) bond motifs is 1. The molecule has 2 aromatic rings. The van der Waals surface area contributed by atoms with Gasteiger partial charge in [0.25, 0.3) is 0 Å². The summed E-state index contributed by atoms with van der Waals surface area (Å²) in [6, 6.07) is 13.1. The van der Waals surface area contributed by atoms with Crippen molar-refractivity contribution in [3.8, 4) is 0 Å². The fraction of sp³-hybridized carbons (Fsp3) is 0.0714. The van der Waals surface area contributed by atoms with Crippen molar-refractivity contribution in [1.29, 1.82) is 0 Å². The summed E-state index contributed by atoms with van der Waals surface area (Å²) in [5.74, 6) is -0.548. The zero-order chi connectivity index (χ0) is 13.7. The molecule has 0 atom stereocenters. The minimum Gasteiger partial charge on any atom is -0.325 e. The second kappa shape index (κ2) is 6.33. The molecule has 0 spiro atoms. The van der Waals surface area contributed by atoms with E-state index in [-0.39, 0.29) is 18.0 Å². The van der Waals surface area contributed by atoms with Crippen LogP contribution in [-0.4, -0.2) is 11.7 Å². The van der Waals surface area contributed by atoms with Crippen LogP contribution in [0.3, 0.4) is 0 Å². The fourth-order valence-electron chi connectivity index (χ4n) is 1.69. The average Bonchev–Trinajstić information content (AvgIpc) is 2.45. The number of amides is 1. The minimum absolute atomic E-state index is 0.157. The molecule has 0 aromatic heterocycles. The summed E-state index contributed by atoms with van der Waals surface area (Å²) in [4.78, 5) is 11.6. The maximum Gasteiger partial charge on any atom is 0.234 e. The molecule has 0 radical (unpaired) electrons. The van der Waals surface area contributed by atoms with E-state index >= 15 is 0 Å². The van der Waals surface area contributed by atoms with Crippen LogP contribution in [0.4, 0.5) is 14.5 Å². The lowest BCUT2D eigenvalue weighted by atomic mass is 10.1. The lowest BCUT2D eigenvalue weighted by Crippen LogP contribution is -2.14. The predicted octanol–water partition coefficient (Wildman–Crippen LogP) is 4.25. The SMILES string of the molecule is O=C(CS/C(F)=C/F)Nc1cccc2ccccc12. The molecule has 0 fully saturated rings. The van der Waals surface area contributed by atoms with Crippen LogP contribution in [-0.2, 0) is 4.79 Å². The molecule has 1 amide bonds. The van der Waals surface area contributed by atoms with Gasteiger partial charge < -0.3 is 5.32 Å². The van der Waals surface area contributed by atoms with Crippen LogP contribution >= 0.6 is 11.8 Å². The largest absolute Gasteiger partial charge is 0.325 e. The number of rotatable bonds is 4. The number of hydrogen-bond donors (Lipinski definition) is 1. The molecule has 1 N–H and O–H groups in total. The van der Waals surface area contributed by atoms with Crippen molar-refractivity contribution < 1.29 is 13.6 Å². The van der Waals surface area contributed by atoms with E-state index in [4.69, 9.17) is 0 Å². The zero-order valence-corrected chi connectivity index (χ0v) is 10.7. The van der Waals surface area contributed by atoms with Gasteiger partial charge in [0.1, 0.15) is 6.33 Å². The van der Waals surface area contributed by atoms with Crippen LogP contribution in [0.5, 0.6) is 0 Å². The molecule has 19 heavy (non-hydrogen) atoms. The third-order valence-corrected chi connectivity index (χ3v) is 3.26. The molecule has 0 saturated carbocycles. The molecule has 2 nitrogen and oxygen atoms in total. The summed E-state index contributed by atoms with van der Waals surface area (Å²) >= 11 is 0.517. The Bertz CT molecular complexity index is 622. The Labute approximate surface area is 113 Å². The first-order valence-corrected chi connectivity index (χ1v) is 6.55. The highest BCUT2D eigenvalue weighted by atomic mass is 32.2. The molecular formula is C14H11F2NOS. The van der Waals surface area contributed by atoms with Gasteiger partial charge in [-0.15, -0.1) is 0 Å². The Kier molecular flexibility index (Phi) is 4.52. The second-order valence-corrected chi connectivity index (χ2v) is 4.74. The first kappa shape index (κ1) is 13.5. The van der Waals surface area contributed by atoms with Crippen molar-refractivity contribution >= 4 is 34.1 Å². The van der Waals surface area contributed by atoms with Crippen molar-refractivity contribution in [2.45, 2.75) is 0 Å². The summed E-state index contributed by atoms with van der Waals surface area (Å²) in [6.45, 7) is 0. The van der Waals surface area contributed by atoms with Crippen LogP contribution in [0.25, 0.3) is 10.8 Å². The molecule has 0 saturated heterocycles. The molecule has 2 rings (SSSR count). The van der Waals surface area contributed by atoms with Gasteiger partial charge in [-0.05, 0) is 11.5 Å². The lowest BCUT2D eigenvalue weighted by Gasteiger charge is -2.08. The van der Waals surface area contributed by atoms with Crippen molar-refractivity contribution in [2.75, 3.05) is 11.1 Å². The monoisotopic (exact) mass is 279 g/mol. The van der Waals surface area contributed by atoms with Gasteiger partial charge in [0.2, 0.25) is 5.91 Å². The number of nitrogens with one attached hydrogen (secondary N) is 1. The van der Waals surface area contributed by atoms with E-state index in [1.807, 2.05) is 36.4 Å². The van der Waals surface area contributed by atoms with Gasteiger partial charge in [0.15, 0.2) is 5.16 Å². The third kappa shape index (κ3) is 3.54. The summed E-state index contributed by atoms with van der Waals surface area (Å²) in [5.41, 5.74) is 0.660. The third-order valence-electron chi connectivity index (χ3n) is 2.49. The Morgan fingerprint density at radius 3 is 2.74 bits per heavy atom. The summed E-state index contributed by atoms with van der Waals surface area (Å²) in [5, 5.41) is 3.59. The number of hydrogen-bond acceptors (Lipinski definition) is 2. The van der Waals surface area contributed by atoms with E-state index in [1.165, 1.54) is 0 Å². The highest BCUT2D eigenvalue weighted by molar-refractivity contribution is 8.03. The Hall–Kier alpha value is -1.88. The summed E-state index contributed by atoms with van der Waals surface area (Å²) in [7, 11) is 0. The van der Waals surface area contributed by atoms with Crippen molar-refractivity contribution in [3.05, 3.63) is 54.0 Å². The maximum absolute atomic E-state index is 12.6. The first-order chi connectivity index (χ1) is 9.20. The number of carbonyl (C=O) groups excluding carboxylic acids is 1. The van der Waals surface area contributed by atoms with Crippen LogP contribution in [0.1, 0.15) is 0 Å². The number of halogens is 2. The molecule has 0 aliphatic carbocycles. The van der Waals surface area contributed by atoms with Gasteiger partial charge in [0, 0.05) is 11.1 Å². The average molecular weight is 279 g/mol. The van der Waals surface area contributed by atoms with Gasteiger partial charge in [-0.1, -0.05) is 48.2 Å². The van der Waals surface area contributed by atoms with E-state index in [0.29, 0.717) is 17.4 Å². The van der Waals surface area contributed by atoms with Gasteiger partial charge in [0.05, 0.1) is 5.75 Å². The van der Waals surface area contributed by atoms with E-state index in [9.17, 15) is 13.6 Å². The van der Waals surface area contributed by atoms with Crippen molar-refractivity contribution in [3.63, 3.8) is 0 Å². The standard InChI is InChI=1S/C14H11F2NOS/c15-8-13(16)19-9-14(18)17-12-7-3-5-10-4-1-2-6-11(10)12/h1-8H,9H2,(H,17,18)/b13-8+. The molecule has 2 aromatic carbocycles. The first-order valence-electron chi connectivity index (χ1n) is 5.57. The Morgan fingerprint density at radius 1 is 1.21 bits per heavy atom. The van der Waals surface area contributed by atoms with Gasteiger partial charge in [-0.2, -0.15) is 4.39 Å². The number of carbonyl (C=O) groups is 1. The summed E-state index contributed by atoms with van der Waals surface area (Å²) in [6.07, 6.45) is -0.157. The minimum atomic E-state index is -1.01. The molecule has 0 aliphatic heterocycles. The maximum atomic E-state index is 12.6. The molecule has 0 unspecified atom stereocenters. The predicted molar refractivity (Wildman–Crippen MR) is 75.3 cm³/mol. The molecule has 0 bridgehead atoms. The molecule has 98 valence electrons. The lowest BCUT2D eigenvalue weighted by molar-refractivity contribution is -0.113.